The molecule has 0 bridgehead atoms. The summed E-state index contributed by atoms with van der Waals surface area (Å²) in [6, 6.07) is 11.2. The van der Waals surface area contributed by atoms with E-state index >= 15 is 0 Å². The van der Waals surface area contributed by atoms with E-state index in [4.69, 9.17) is 15.9 Å². The molecule has 2 aromatic rings. The number of amides is 1. The van der Waals surface area contributed by atoms with Gasteiger partial charge in [-0.05, 0) is 30.5 Å². The average molecular weight is 471 g/mol. The van der Waals surface area contributed by atoms with Gasteiger partial charge in [-0.25, -0.2) is 8.42 Å². The lowest BCUT2D eigenvalue weighted by atomic mass is 10.0. The van der Waals surface area contributed by atoms with Gasteiger partial charge in [0.15, 0.2) is 11.5 Å². The fourth-order valence-corrected chi connectivity index (χ4v) is 4.80. The smallest absolute Gasteiger partial charge is 0.242 e. The van der Waals surface area contributed by atoms with Crippen molar-refractivity contribution in [3.05, 3.63) is 53.6 Å². The highest BCUT2D eigenvalue weighted by atomic mass is 32.2. The Labute approximate surface area is 196 Å². The lowest BCUT2D eigenvalue weighted by molar-refractivity contribution is -0.134. The first-order valence-corrected chi connectivity index (χ1v) is 12.4. The number of fused-ring (bicyclic) bond motifs is 1. The summed E-state index contributed by atoms with van der Waals surface area (Å²) in [5.41, 5.74) is 2.02. The summed E-state index contributed by atoms with van der Waals surface area (Å²) in [6.45, 7) is 6.87. The van der Waals surface area contributed by atoms with Gasteiger partial charge in [0.1, 0.15) is 6.04 Å². The molecule has 0 spiro atoms. The summed E-state index contributed by atoms with van der Waals surface area (Å²) in [7, 11) is -4.01. The number of rotatable bonds is 8. The monoisotopic (exact) mass is 470 g/mol. The van der Waals surface area contributed by atoms with Crippen LogP contribution < -0.4 is 14.2 Å². The molecule has 0 fully saturated rings. The maximum atomic E-state index is 13.4. The van der Waals surface area contributed by atoms with Gasteiger partial charge in [0.2, 0.25) is 15.9 Å². The van der Waals surface area contributed by atoms with Crippen molar-refractivity contribution in [1.82, 2.24) is 9.62 Å². The molecule has 0 aliphatic carbocycles. The topological polar surface area (TPSA) is 84.9 Å². The Hall–Kier alpha value is -3.02. The summed E-state index contributed by atoms with van der Waals surface area (Å²) in [5, 5.41) is 0. The number of nitrogens with zero attached hydrogens (tertiary/aromatic N) is 1. The number of ether oxygens (including phenoxy) is 2. The maximum absolute atomic E-state index is 13.4. The molecule has 1 heterocycles. The molecular formula is C25H30N2O5S. The number of terminal acetylenes is 1. The third kappa shape index (κ3) is 6.28. The van der Waals surface area contributed by atoms with Gasteiger partial charge in [-0.3, -0.25) is 4.79 Å². The summed E-state index contributed by atoms with van der Waals surface area (Å²) in [4.78, 5) is 14.9. The molecule has 2 aromatic carbocycles. The maximum Gasteiger partial charge on any atom is 0.242 e. The number of aryl methyl sites for hydroxylation is 1. The third-order valence-electron chi connectivity index (χ3n) is 5.33. The molecule has 33 heavy (non-hydrogen) atoms. The Bertz CT molecular complexity index is 1120. The predicted molar refractivity (Wildman–Crippen MR) is 126 cm³/mol. The second kappa shape index (κ2) is 10.7. The minimum Gasteiger partial charge on any atom is -0.490 e. The molecular weight excluding hydrogens is 440 g/mol. The van der Waals surface area contributed by atoms with E-state index in [9.17, 15) is 13.2 Å². The fraction of sp³-hybridized carbons (Fsp3) is 0.400. The fourth-order valence-electron chi connectivity index (χ4n) is 3.45. The molecule has 1 amide bonds. The zero-order valence-electron chi connectivity index (χ0n) is 19.2. The van der Waals surface area contributed by atoms with Crippen LogP contribution in [0.4, 0.5) is 0 Å². The van der Waals surface area contributed by atoms with Crippen molar-refractivity contribution in [2.24, 2.45) is 5.92 Å². The number of carbonyl (C=O) groups is 1. The zero-order chi connectivity index (χ0) is 24.0. The van der Waals surface area contributed by atoms with Gasteiger partial charge >= 0.3 is 0 Å². The highest BCUT2D eigenvalue weighted by Crippen LogP contribution is 2.32. The van der Waals surface area contributed by atoms with E-state index in [1.54, 1.807) is 19.9 Å². The molecule has 3 rings (SSSR count). The van der Waals surface area contributed by atoms with Gasteiger partial charge in [0.05, 0.1) is 24.7 Å². The van der Waals surface area contributed by atoms with Crippen molar-refractivity contribution in [2.75, 3.05) is 19.8 Å². The quantitative estimate of drug-likeness (QED) is 0.600. The number of hydrogen-bond acceptors (Lipinski definition) is 5. The van der Waals surface area contributed by atoms with Crippen molar-refractivity contribution in [2.45, 2.75) is 44.7 Å². The minimum absolute atomic E-state index is 0.00670. The first-order valence-electron chi connectivity index (χ1n) is 10.9. The summed E-state index contributed by atoms with van der Waals surface area (Å²) >= 11 is 0. The number of nitrogens with one attached hydrogen (secondary N) is 1. The lowest BCUT2D eigenvalue weighted by Crippen LogP contribution is -2.51. The van der Waals surface area contributed by atoms with E-state index in [-0.39, 0.29) is 29.8 Å². The largest absolute Gasteiger partial charge is 0.490 e. The second-order valence-electron chi connectivity index (χ2n) is 8.39. The zero-order valence-corrected chi connectivity index (χ0v) is 20.0. The van der Waals surface area contributed by atoms with Crippen LogP contribution >= 0.6 is 0 Å². The molecule has 0 aromatic heterocycles. The highest BCUT2D eigenvalue weighted by Gasteiger charge is 2.32. The van der Waals surface area contributed by atoms with E-state index in [2.05, 4.69) is 10.6 Å². The number of benzene rings is 2. The van der Waals surface area contributed by atoms with Crippen LogP contribution in [0.5, 0.6) is 11.5 Å². The van der Waals surface area contributed by atoms with Crippen molar-refractivity contribution in [3.8, 4) is 23.8 Å². The van der Waals surface area contributed by atoms with Crippen molar-refractivity contribution >= 4 is 15.9 Å². The Balaban J connectivity index is 1.83. The van der Waals surface area contributed by atoms with Crippen molar-refractivity contribution in [3.63, 3.8) is 0 Å². The number of carbonyl (C=O) groups excluding carboxylic acids is 1. The average Bonchev–Trinajstić information content (AvgIpc) is 3.03. The molecule has 8 heteroatoms. The highest BCUT2D eigenvalue weighted by molar-refractivity contribution is 7.89. The second-order valence-corrected chi connectivity index (χ2v) is 10.1. The normalized spacial score (nSPS) is 14.3. The van der Waals surface area contributed by atoms with Gasteiger partial charge in [0.25, 0.3) is 0 Å². The Morgan fingerprint density at radius 3 is 2.42 bits per heavy atom. The molecule has 1 aliphatic rings. The molecule has 0 saturated heterocycles. The van der Waals surface area contributed by atoms with Crippen LogP contribution in [-0.2, 0) is 21.4 Å². The Morgan fingerprint density at radius 1 is 1.12 bits per heavy atom. The molecule has 1 aliphatic heterocycles. The SMILES string of the molecule is C#CCN(Cc1ccc(C)cc1)C(=O)C(NS(=O)(=O)c1ccc2c(c1)OCCCO2)C(C)C. The molecule has 1 atom stereocenters. The predicted octanol–water partition coefficient (Wildman–Crippen LogP) is 3.12. The third-order valence-corrected chi connectivity index (χ3v) is 6.77. The van der Waals surface area contributed by atoms with E-state index in [0.29, 0.717) is 31.1 Å². The molecule has 1 unspecified atom stereocenters. The first-order chi connectivity index (χ1) is 15.7. The van der Waals surface area contributed by atoms with Crippen LogP contribution in [0.25, 0.3) is 0 Å². The van der Waals surface area contributed by atoms with Gasteiger partial charge in [-0.2, -0.15) is 4.72 Å². The lowest BCUT2D eigenvalue weighted by Gasteiger charge is -2.28. The van der Waals surface area contributed by atoms with E-state index < -0.39 is 16.1 Å². The Morgan fingerprint density at radius 2 is 1.79 bits per heavy atom. The van der Waals surface area contributed by atoms with Crippen LogP contribution in [0.2, 0.25) is 0 Å². The molecule has 0 radical (unpaired) electrons. The standard InChI is InChI=1S/C25H30N2O5S/c1-5-13-27(17-20-9-7-19(4)8-10-20)25(28)24(18(2)3)26-33(29,30)21-11-12-22-23(16-21)32-15-6-14-31-22/h1,7-12,16,18,24,26H,6,13-15,17H2,2-4H3. The van der Waals surface area contributed by atoms with Crippen molar-refractivity contribution in [1.29, 1.82) is 0 Å². The van der Waals surface area contributed by atoms with Crippen LogP contribution in [0, 0.1) is 25.2 Å². The van der Waals surface area contributed by atoms with Gasteiger partial charge in [0, 0.05) is 19.0 Å². The van der Waals surface area contributed by atoms with Crippen LogP contribution in [0.15, 0.2) is 47.4 Å². The van der Waals surface area contributed by atoms with Crippen LogP contribution in [0.1, 0.15) is 31.4 Å². The molecule has 176 valence electrons. The summed E-state index contributed by atoms with van der Waals surface area (Å²) in [6.07, 6.45) is 6.22. The van der Waals surface area contributed by atoms with Gasteiger partial charge in [-0.1, -0.05) is 49.6 Å². The van der Waals surface area contributed by atoms with Crippen LogP contribution in [-0.4, -0.2) is 45.0 Å². The van der Waals surface area contributed by atoms with Gasteiger partial charge in [-0.15, -0.1) is 6.42 Å². The summed E-state index contributed by atoms with van der Waals surface area (Å²) < 4.78 is 40.1. The number of sulfonamides is 1. The first kappa shape index (κ1) is 24.6. The molecule has 7 nitrogen and oxygen atoms in total. The minimum atomic E-state index is -4.01. The van der Waals surface area contributed by atoms with E-state index in [0.717, 1.165) is 11.1 Å². The molecule has 0 saturated carbocycles. The van der Waals surface area contributed by atoms with Crippen LogP contribution in [0.3, 0.4) is 0 Å². The number of hydrogen-bond donors (Lipinski definition) is 1. The Kier molecular flexibility index (Phi) is 8.01. The van der Waals surface area contributed by atoms with E-state index in [1.807, 2.05) is 31.2 Å². The van der Waals surface area contributed by atoms with Crippen molar-refractivity contribution < 1.29 is 22.7 Å². The van der Waals surface area contributed by atoms with Gasteiger partial charge < -0.3 is 14.4 Å². The molecule has 1 N–H and O–H groups in total. The van der Waals surface area contributed by atoms with E-state index in [1.165, 1.54) is 17.0 Å². The summed E-state index contributed by atoms with van der Waals surface area (Å²) in [5.74, 6) is 2.71.